The molecule has 9 heteroatoms. The van der Waals surface area contributed by atoms with E-state index in [2.05, 4.69) is 5.43 Å². The molecule has 0 aromatic rings. The van der Waals surface area contributed by atoms with Crippen molar-refractivity contribution in [3.63, 3.8) is 0 Å². The Bertz CT molecular complexity index is 289. The Kier molecular flexibility index (Phi) is 4.76. The molecule has 0 aliphatic carbocycles. The molecule has 0 aromatic heterocycles. The first-order valence-corrected chi connectivity index (χ1v) is 4.46. The van der Waals surface area contributed by atoms with Crippen LogP contribution in [0.2, 0.25) is 0 Å². The van der Waals surface area contributed by atoms with Gasteiger partial charge in [-0.3, -0.25) is 30.4 Å². The van der Waals surface area contributed by atoms with E-state index in [9.17, 15) is 25.0 Å². The summed E-state index contributed by atoms with van der Waals surface area (Å²) in [6, 6.07) is 0. The molecule has 0 unspecified atom stereocenters. The summed E-state index contributed by atoms with van der Waals surface area (Å²) in [6.45, 7) is 0.885. The molecule has 0 spiro atoms. The van der Waals surface area contributed by atoms with Gasteiger partial charge in [0, 0.05) is 20.5 Å². The molecule has 0 aromatic carbocycles. The van der Waals surface area contributed by atoms with Crippen LogP contribution in [0, 0.1) is 20.2 Å². The molecule has 0 aliphatic rings. The fourth-order valence-corrected chi connectivity index (χ4v) is 0.905. The lowest BCUT2D eigenvalue weighted by Gasteiger charge is -2.14. The molecule has 16 heavy (non-hydrogen) atoms. The molecule has 1 N–H and O–H groups in total. The average molecular weight is 234 g/mol. The van der Waals surface area contributed by atoms with E-state index in [1.807, 2.05) is 0 Å². The largest absolute Gasteiger partial charge is 0.456 e. The number of hydrogen-bond donors (Lipinski definition) is 1. The van der Waals surface area contributed by atoms with Gasteiger partial charge >= 0.3 is 5.66 Å². The monoisotopic (exact) mass is 234 g/mol. The second kappa shape index (κ2) is 5.35. The molecule has 0 fully saturated rings. The van der Waals surface area contributed by atoms with Crippen LogP contribution in [0.25, 0.3) is 0 Å². The van der Waals surface area contributed by atoms with Gasteiger partial charge in [-0.15, -0.1) is 0 Å². The number of carbonyl (C=O) groups excluding carboxylic acids is 1. The van der Waals surface area contributed by atoms with E-state index in [-0.39, 0.29) is 6.42 Å². The number of nitrogens with zero attached hydrogens (tertiary/aromatic N) is 3. The van der Waals surface area contributed by atoms with Gasteiger partial charge in [0.1, 0.15) is 0 Å². The summed E-state index contributed by atoms with van der Waals surface area (Å²) < 4.78 is 0. The number of hydrazine groups is 1. The highest BCUT2D eigenvalue weighted by Gasteiger charge is 2.50. The molecule has 9 nitrogen and oxygen atoms in total. The number of nitro groups is 2. The van der Waals surface area contributed by atoms with Crippen LogP contribution in [0.4, 0.5) is 0 Å². The zero-order valence-electron chi connectivity index (χ0n) is 9.30. The Balaban J connectivity index is 4.41. The number of carbonyl (C=O) groups is 1. The number of amides is 1. The minimum atomic E-state index is -2.32. The van der Waals surface area contributed by atoms with Crippen LogP contribution < -0.4 is 5.43 Å². The van der Waals surface area contributed by atoms with Crippen LogP contribution in [0.5, 0.6) is 0 Å². The minimum Gasteiger partial charge on any atom is -0.289 e. The molecule has 0 radical (unpaired) electrons. The zero-order valence-corrected chi connectivity index (χ0v) is 9.30. The van der Waals surface area contributed by atoms with Crippen LogP contribution in [0.3, 0.4) is 0 Å². The molecule has 92 valence electrons. The van der Waals surface area contributed by atoms with Crippen molar-refractivity contribution in [1.82, 2.24) is 10.4 Å². The van der Waals surface area contributed by atoms with Gasteiger partial charge in [0.2, 0.25) is 5.91 Å². The highest BCUT2D eigenvalue weighted by atomic mass is 16.7. The van der Waals surface area contributed by atoms with Gasteiger partial charge in [-0.25, -0.2) is 5.01 Å². The molecule has 0 atom stereocenters. The number of hydrogen-bond acceptors (Lipinski definition) is 6. The predicted molar refractivity (Wildman–Crippen MR) is 53.5 cm³/mol. The summed E-state index contributed by atoms with van der Waals surface area (Å²) in [5.41, 5.74) is 0.0266. The molecular formula is C7H14N4O5. The van der Waals surface area contributed by atoms with Crippen molar-refractivity contribution >= 4 is 5.91 Å². The predicted octanol–water partition coefficient (Wildman–Crippen LogP) is -0.371. The maximum absolute atomic E-state index is 11.1. The van der Waals surface area contributed by atoms with E-state index < -0.39 is 27.8 Å². The van der Waals surface area contributed by atoms with Crippen LogP contribution in [-0.2, 0) is 4.79 Å². The molecule has 0 heterocycles. The Morgan fingerprint density at radius 2 is 1.75 bits per heavy atom. The Hall–Kier alpha value is -1.77. The van der Waals surface area contributed by atoms with Crippen LogP contribution in [-0.4, -0.2) is 40.5 Å². The van der Waals surface area contributed by atoms with Crippen LogP contribution in [0.1, 0.15) is 19.8 Å². The topological polar surface area (TPSA) is 119 Å². The lowest BCUT2D eigenvalue weighted by Crippen LogP contribution is -2.45. The van der Waals surface area contributed by atoms with Gasteiger partial charge in [-0.1, -0.05) is 0 Å². The maximum atomic E-state index is 11.1. The summed E-state index contributed by atoms with van der Waals surface area (Å²) in [5, 5.41) is 22.4. The van der Waals surface area contributed by atoms with E-state index in [0.717, 1.165) is 6.92 Å². The maximum Gasteiger partial charge on any atom is 0.456 e. The first-order chi connectivity index (χ1) is 7.20. The van der Waals surface area contributed by atoms with E-state index in [1.165, 1.54) is 5.01 Å². The molecular weight excluding hydrogens is 220 g/mol. The third-order valence-electron chi connectivity index (χ3n) is 1.96. The summed E-state index contributed by atoms with van der Waals surface area (Å²) in [4.78, 5) is 30.2. The second-order valence-corrected chi connectivity index (χ2v) is 3.66. The molecule has 0 bridgehead atoms. The van der Waals surface area contributed by atoms with E-state index >= 15 is 0 Å². The van der Waals surface area contributed by atoms with Crippen molar-refractivity contribution < 1.29 is 14.6 Å². The fraction of sp³-hybridized carbons (Fsp3) is 0.857. The standard InChI is InChI=1S/C7H14N4O5/c1-7(10(13)14,11(15)16)5-4-6(12)8-9(2)3/h4-5H2,1-3H3,(H,8,12). The summed E-state index contributed by atoms with van der Waals surface area (Å²) in [6.07, 6.45) is -0.733. The minimum absolute atomic E-state index is 0.281. The van der Waals surface area contributed by atoms with E-state index in [0.29, 0.717) is 0 Å². The molecule has 0 saturated carbocycles. The SMILES string of the molecule is CN(C)NC(=O)CCC(C)([N+](=O)[O-])[N+](=O)[O-]. The van der Waals surface area contributed by atoms with E-state index in [4.69, 9.17) is 0 Å². The normalized spacial score (nSPS) is 11.2. The van der Waals surface area contributed by atoms with Gasteiger partial charge in [0.15, 0.2) is 0 Å². The lowest BCUT2D eigenvalue weighted by atomic mass is 10.1. The van der Waals surface area contributed by atoms with Crippen molar-refractivity contribution in [2.75, 3.05) is 14.1 Å². The molecule has 1 amide bonds. The van der Waals surface area contributed by atoms with E-state index in [1.54, 1.807) is 14.1 Å². The fourth-order valence-electron chi connectivity index (χ4n) is 0.905. The molecule has 0 saturated heterocycles. The van der Waals surface area contributed by atoms with Gasteiger partial charge in [0.05, 0.1) is 23.2 Å². The smallest absolute Gasteiger partial charge is 0.289 e. The Morgan fingerprint density at radius 3 is 2.06 bits per heavy atom. The zero-order chi connectivity index (χ0) is 12.9. The third-order valence-corrected chi connectivity index (χ3v) is 1.96. The highest BCUT2D eigenvalue weighted by molar-refractivity contribution is 5.75. The first-order valence-electron chi connectivity index (χ1n) is 4.46. The van der Waals surface area contributed by atoms with Crippen molar-refractivity contribution in [3.8, 4) is 0 Å². The highest BCUT2D eigenvalue weighted by Crippen LogP contribution is 2.17. The summed E-state index contributed by atoms with van der Waals surface area (Å²) >= 11 is 0. The van der Waals surface area contributed by atoms with Gasteiger partial charge in [-0.05, 0) is 0 Å². The van der Waals surface area contributed by atoms with Crippen LogP contribution >= 0.6 is 0 Å². The Labute approximate surface area is 91.7 Å². The van der Waals surface area contributed by atoms with Crippen LogP contribution in [0.15, 0.2) is 0 Å². The molecule has 0 aliphatic heterocycles. The second-order valence-electron chi connectivity index (χ2n) is 3.66. The lowest BCUT2D eigenvalue weighted by molar-refractivity contribution is -0.792. The number of nitrogens with one attached hydrogen (secondary N) is 1. The Morgan fingerprint density at radius 1 is 1.31 bits per heavy atom. The van der Waals surface area contributed by atoms with Gasteiger partial charge < -0.3 is 0 Å². The molecule has 0 rings (SSSR count). The van der Waals surface area contributed by atoms with Gasteiger partial charge in [-0.2, -0.15) is 0 Å². The van der Waals surface area contributed by atoms with Crippen molar-refractivity contribution in [2.45, 2.75) is 25.4 Å². The number of rotatable bonds is 6. The van der Waals surface area contributed by atoms with Crippen molar-refractivity contribution in [3.05, 3.63) is 20.2 Å². The quantitative estimate of drug-likeness (QED) is 0.380. The third kappa shape index (κ3) is 3.77. The summed E-state index contributed by atoms with van der Waals surface area (Å²) in [5.74, 6) is -0.500. The first kappa shape index (κ1) is 14.2. The summed E-state index contributed by atoms with van der Waals surface area (Å²) in [7, 11) is 3.14. The van der Waals surface area contributed by atoms with Gasteiger partial charge in [0.25, 0.3) is 0 Å². The van der Waals surface area contributed by atoms with Crippen molar-refractivity contribution in [2.24, 2.45) is 0 Å². The average Bonchev–Trinajstić information content (AvgIpc) is 2.12. The van der Waals surface area contributed by atoms with Crippen molar-refractivity contribution in [1.29, 1.82) is 0 Å².